The Kier molecular flexibility index (Phi) is 13.5. The molecule has 32 heavy (non-hydrogen) atoms. The molecule has 0 bridgehead atoms. The van der Waals surface area contributed by atoms with Crippen molar-refractivity contribution in [2.24, 2.45) is 0 Å². The highest BCUT2D eigenvalue weighted by Crippen LogP contribution is 2.26. The summed E-state index contributed by atoms with van der Waals surface area (Å²) in [5, 5.41) is 19.9. The number of hydrogen-bond donors (Lipinski definition) is 4. The number of halogens is 4. The van der Waals surface area contributed by atoms with E-state index in [9.17, 15) is 23.2 Å². The number of rotatable bonds is 3. The van der Waals surface area contributed by atoms with E-state index in [1.165, 1.54) is 32.9 Å². The topological polar surface area (TPSA) is 139 Å². The number of hydrogen-bond acceptors (Lipinski definition) is 7. The largest absolute Gasteiger partial charge is 0.396 e. The van der Waals surface area contributed by atoms with Gasteiger partial charge >= 0.3 is 11.9 Å². The lowest BCUT2D eigenvalue weighted by Gasteiger charge is -2.08. The first kappa shape index (κ1) is 29.6. The van der Waals surface area contributed by atoms with E-state index in [0.717, 1.165) is 0 Å². The predicted molar refractivity (Wildman–Crippen MR) is 121 cm³/mol. The van der Waals surface area contributed by atoms with Crippen molar-refractivity contribution in [3.63, 3.8) is 0 Å². The van der Waals surface area contributed by atoms with Crippen molar-refractivity contribution in [1.29, 1.82) is 0 Å². The monoisotopic (exact) mass is 582 g/mol. The van der Waals surface area contributed by atoms with Crippen molar-refractivity contribution in [3.8, 4) is 0 Å². The van der Waals surface area contributed by atoms with Crippen molar-refractivity contribution in [3.05, 3.63) is 56.0 Å². The van der Waals surface area contributed by atoms with Crippen LogP contribution in [0.3, 0.4) is 0 Å². The van der Waals surface area contributed by atoms with Crippen molar-refractivity contribution in [1.82, 2.24) is 0 Å². The van der Waals surface area contributed by atoms with Crippen LogP contribution in [-0.2, 0) is 32.3 Å². The van der Waals surface area contributed by atoms with E-state index < -0.39 is 30.2 Å². The summed E-state index contributed by atoms with van der Waals surface area (Å²) in [5.41, 5.74) is 5.72. The van der Waals surface area contributed by atoms with Crippen molar-refractivity contribution < 1.29 is 38.1 Å². The van der Waals surface area contributed by atoms with Gasteiger partial charge in [-0.25, -0.2) is 8.78 Å². The van der Waals surface area contributed by atoms with Gasteiger partial charge in [-0.1, -0.05) is 31.9 Å². The van der Waals surface area contributed by atoms with Crippen molar-refractivity contribution in [2.75, 3.05) is 11.1 Å². The van der Waals surface area contributed by atoms with Gasteiger partial charge in [-0.15, -0.1) is 0 Å². The first-order valence-electron chi connectivity index (χ1n) is 8.73. The molecule has 2 aromatic rings. The summed E-state index contributed by atoms with van der Waals surface area (Å²) in [4.78, 5) is 30.3. The van der Waals surface area contributed by atoms with Crippen LogP contribution < -0.4 is 11.1 Å². The van der Waals surface area contributed by atoms with Crippen LogP contribution in [0.15, 0.2) is 33.2 Å². The molecule has 0 spiro atoms. The predicted octanol–water partition coefficient (Wildman–Crippen LogP) is 3.80. The number of nitrogens with one attached hydrogen (secondary N) is 1. The number of aliphatic hydroxyl groups is 2. The second-order valence-corrected chi connectivity index (χ2v) is 7.61. The zero-order chi connectivity index (χ0) is 25.0. The molecule has 12 heteroatoms. The number of anilines is 2. The van der Waals surface area contributed by atoms with Crippen LogP contribution in [-0.4, -0.2) is 28.1 Å². The standard InChI is InChI=1S/C9H9BrFNO2.C7H7BrFNO.C4H6O3/c1-5(14)12-8-3-2-7(10)6(4-13)9(8)11;8-5-1-2-6(10)7(9)4(5)3-11;1-3(5)7-4(2)6/h2-3,13H,4H2,1H3,(H,12,14);1-2,11H,3,10H2;1-2H3. The lowest BCUT2D eigenvalue weighted by molar-refractivity contribution is -0.156. The summed E-state index contributed by atoms with van der Waals surface area (Å²) in [5.74, 6) is -2.64. The number of carbonyl (C=O) groups excluding carboxylic acids is 3. The molecule has 0 heterocycles. The van der Waals surface area contributed by atoms with E-state index in [-0.39, 0.29) is 35.0 Å². The molecule has 0 saturated carbocycles. The molecule has 2 rings (SSSR count). The maximum absolute atomic E-state index is 13.5. The number of nitrogens with two attached hydrogens (primary N) is 1. The van der Waals surface area contributed by atoms with Gasteiger partial charge in [-0.05, 0) is 24.3 Å². The number of ether oxygens (including phenoxy) is 1. The van der Waals surface area contributed by atoms with Gasteiger partial charge in [0.05, 0.1) is 24.6 Å². The second-order valence-electron chi connectivity index (χ2n) is 5.90. The fourth-order valence-corrected chi connectivity index (χ4v) is 2.86. The van der Waals surface area contributed by atoms with Gasteiger partial charge in [0.25, 0.3) is 0 Å². The van der Waals surface area contributed by atoms with Crippen molar-refractivity contribution in [2.45, 2.75) is 34.0 Å². The minimum atomic E-state index is -0.614. The average molecular weight is 584 g/mol. The molecule has 0 aromatic heterocycles. The Labute approximate surface area is 200 Å². The van der Waals surface area contributed by atoms with Gasteiger partial charge in [0, 0.05) is 40.8 Å². The van der Waals surface area contributed by atoms with Crippen LogP contribution in [0.25, 0.3) is 0 Å². The van der Waals surface area contributed by atoms with Crippen LogP contribution in [0.4, 0.5) is 20.2 Å². The SMILES string of the molecule is CC(=O)Nc1ccc(Br)c(CO)c1F.CC(=O)OC(C)=O.Nc1ccc(Br)c(CO)c1F. The Balaban J connectivity index is 0.000000478. The maximum atomic E-state index is 13.5. The molecule has 8 nitrogen and oxygen atoms in total. The zero-order valence-corrected chi connectivity index (χ0v) is 20.5. The molecule has 0 aliphatic heterocycles. The Morgan fingerprint density at radius 1 is 0.906 bits per heavy atom. The van der Waals surface area contributed by atoms with E-state index in [1.54, 1.807) is 12.1 Å². The summed E-state index contributed by atoms with van der Waals surface area (Å²) in [6, 6.07) is 6.04. The summed E-state index contributed by atoms with van der Waals surface area (Å²) >= 11 is 6.18. The molecule has 0 fully saturated rings. The van der Waals surface area contributed by atoms with Crippen LogP contribution in [0, 0.1) is 11.6 Å². The fourth-order valence-electron chi connectivity index (χ4n) is 1.99. The molecule has 176 valence electrons. The van der Waals surface area contributed by atoms with Gasteiger partial charge in [0.15, 0.2) is 11.6 Å². The summed E-state index contributed by atoms with van der Waals surface area (Å²) in [6.07, 6.45) is 0. The van der Waals surface area contributed by atoms with E-state index >= 15 is 0 Å². The number of amides is 1. The third-order valence-electron chi connectivity index (χ3n) is 3.32. The fraction of sp³-hybridized carbons (Fsp3) is 0.250. The van der Waals surface area contributed by atoms with Gasteiger partial charge in [-0.2, -0.15) is 0 Å². The highest BCUT2D eigenvalue weighted by molar-refractivity contribution is 9.10. The normalized spacial score (nSPS) is 9.53. The molecule has 0 saturated heterocycles. The van der Waals surface area contributed by atoms with Crippen LogP contribution in [0.1, 0.15) is 31.9 Å². The first-order valence-corrected chi connectivity index (χ1v) is 10.3. The summed E-state index contributed by atoms with van der Waals surface area (Å²) in [6.45, 7) is 2.89. The quantitative estimate of drug-likeness (QED) is 0.245. The van der Waals surface area contributed by atoms with Crippen LogP contribution >= 0.6 is 31.9 Å². The molecular weight excluding hydrogens is 562 g/mol. The van der Waals surface area contributed by atoms with Gasteiger partial charge in [-0.3, -0.25) is 14.4 Å². The maximum Gasteiger partial charge on any atom is 0.310 e. The molecule has 2 aromatic carbocycles. The van der Waals surface area contributed by atoms with Crippen LogP contribution in [0.2, 0.25) is 0 Å². The highest BCUT2D eigenvalue weighted by atomic mass is 79.9. The minimum Gasteiger partial charge on any atom is -0.396 e. The molecular formula is C20H22Br2F2N2O6. The molecule has 0 atom stereocenters. The lowest BCUT2D eigenvalue weighted by Crippen LogP contribution is -2.09. The van der Waals surface area contributed by atoms with Crippen LogP contribution in [0.5, 0.6) is 0 Å². The highest BCUT2D eigenvalue weighted by Gasteiger charge is 2.11. The lowest BCUT2D eigenvalue weighted by atomic mass is 10.2. The molecule has 0 aliphatic rings. The van der Waals surface area contributed by atoms with Gasteiger partial charge < -0.3 is 26.0 Å². The van der Waals surface area contributed by atoms with Crippen molar-refractivity contribution >= 4 is 61.1 Å². The van der Waals surface area contributed by atoms with Gasteiger partial charge in [0.2, 0.25) is 5.91 Å². The summed E-state index contributed by atoms with van der Waals surface area (Å²) < 4.78 is 31.4. The molecule has 0 aliphatic carbocycles. The van der Waals surface area contributed by atoms with E-state index in [4.69, 9.17) is 15.9 Å². The third kappa shape index (κ3) is 10.3. The molecule has 0 unspecified atom stereocenters. The number of esters is 2. The Morgan fingerprint density at radius 3 is 1.69 bits per heavy atom. The average Bonchev–Trinajstić information content (AvgIpc) is 2.68. The molecule has 1 amide bonds. The third-order valence-corrected chi connectivity index (χ3v) is 4.80. The van der Waals surface area contributed by atoms with Gasteiger partial charge in [0.1, 0.15) is 0 Å². The van der Waals surface area contributed by atoms with E-state index in [0.29, 0.717) is 8.95 Å². The van der Waals surface area contributed by atoms with E-state index in [1.807, 2.05) is 0 Å². The first-order chi connectivity index (χ1) is 14.8. The molecule has 5 N–H and O–H groups in total. The Morgan fingerprint density at radius 2 is 1.34 bits per heavy atom. The Bertz CT molecular complexity index is 962. The number of carbonyl (C=O) groups is 3. The zero-order valence-electron chi connectivity index (χ0n) is 17.3. The summed E-state index contributed by atoms with van der Waals surface area (Å²) in [7, 11) is 0. The second kappa shape index (κ2) is 14.6. The smallest absolute Gasteiger partial charge is 0.310 e. The number of aliphatic hydroxyl groups excluding tert-OH is 2. The minimum absolute atomic E-state index is 0.0530. The number of nitrogen functional groups attached to an aromatic ring is 1. The molecule has 0 radical (unpaired) electrons. The Hall–Kier alpha value is -2.41. The number of benzene rings is 2. The van der Waals surface area contributed by atoms with E-state index in [2.05, 4.69) is 41.9 Å².